The van der Waals surface area contributed by atoms with Gasteiger partial charge in [-0.25, -0.2) is 0 Å². The highest BCUT2D eigenvalue weighted by molar-refractivity contribution is 7.99. The monoisotopic (exact) mass is 446 g/mol. The smallest absolute Gasteiger partial charge is 0.233 e. The molecule has 32 heavy (non-hydrogen) atoms. The van der Waals surface area contributed by atoms with Gasteiger partial charge in [-0.05, 0) is 30.5 Å². The van der Waals surface area contributed by atoms with Gasteiger partial charge in [0.25, 0.3) is 0 Å². The maximum atomic E-state index is 13.2. The van der Waals surface area contributed by atoms with Gasteiger partial charge < -0.3 is 13.9 Å². The third kappa shape index (κ3) is 5.29. The van der Waals surface area contributed by atoms with Crippen molar-refractivity contribution in [3.8, 4) is 11.4 Å². The Kier molecular flexibility index (Phi) is 7.07. The molecule has 0 saturated carbocycles. The lowest BCUT2D eigenvalue weighted by Gasteiger charge is -2.23. The molecule has 0 atom stereocenters. The fourth-order valence-corrected chi connectivity index (χ4v) is 4.33. The van der Waals surface area contributed by atoms with Gasteiger partial charge in [-0.3, -0.25) is 4.79 Å². The zero-order chi connectivity index (χ0) is 22.3. The van der Waals surface area contributed by atoms with Gasteiger partial charge >= 0.3 is 0 Å². The average molecular weight is 447 g/mol. The Balaban J connectivity index is 1.43. The molecule has 0 unspecified atom stereocenters. The van der Waals surface area contributed by atoms with Gasteiger partial charge in [0.05, 0.1) is 17.6 Å². The van der Waals surface area contributed by atoms with Gasteiger partial charge in [-0.2, -0.15) is 0 Å². The Morgan fingerprint density at radius 2 is 1.69 bits per heavy atom. The molecule has 4 aromatic rings. The summed E-state index contributed by atoms with van der Waals surface area (Å²) in [6.07, 6.45) is 2.46. The number of amides is 1. The average Bonchev–Trinajstić information content (AvgIpc) is 3.41. The van der Waals surface area contributed by atoms with Crippen LogP contribution in [0.25, 0.3) is 11.4 Å². The summed E-state index contributed by atoms with van der Waals surface area (Å²) in [6.45, 7) is 3.15. The quantitative estimate of drug-likeness (QED) is 0.347. The molecule has 4 rings (SSSR count). The third-order valence-electron chi connectivity index (χ3n) is 5.34. The lowest BCUT2D eigenvalue weighted by atomic mass is 10.1. The van der Waals surface area contributed by atoms with E-state index in [0.717, 1.165) is 29.1 Å². The van der Waals surface area contributed by atoms with Crippen molar-refractivity contribution in [1.82, 2.24) is 19.7 Å². The molecular formula is C25H26N4O2S. The highest BCUT2D eigenvalue weighted by atomic mass is 32.2. The Morgan fingerprint density at radius 3 is 2.34 bits per heavy atom. The van der Waals surface area contributed by atoms with Crippen LogP contribution in [0.1, 0.15) is 16.9 Å². The number of thioether (sulfide) groups is 1. The standard InChI is InChI=1S/C25H26N4O2S/c1-19-22(14-16-31-19)24-26-27-25(28(24)2)32-18-23(30)29(17-21-11-7-4-8-12-21)15-13-20-9-5-3-6-10-20/h3-12,14,16H,13,15,17-18H2,1-2H3. The molecule has 6 nitrogen and oxygen atoms in total. The molecular weight excluding hydrogens is 420 g/mol. The van der Waals surface area contributed by atoms with Crippen LogP contribution < -0.4 is 0 Å². The lowest BCUT2D eigenvalue weighted by molar-refractivity contribution is -0.128. The molecule has 0 radical (unpaired) electrons. The first-order valence-corrected chi connectivity index (χ1v) is 11.5. The second-order valence-corrected chi connectivity index (χ2v) is 8.52. The van der Waals surface area contributed by atoms with E-state index in [1.807, 2.05) is 65.9 Å². The van der Waals surface area contributed by atoms with Crippen molar-refractivity contribution in [2.45, 2.75) is 25.0 Å². The molecule has 2 aromatic carbocycles. The van der Waals surface area contributed by atoms with Crippen LogP contribution in [-0.4, -0.2) is 37.9 Å². The van der Waals surface area contributed by atoms with Crippen molar-refractivity contribution in [1.29, 1.82) is 0 Å². The van der Waals surface area contributed by atoms with Gasteiger partial charge in [-0.15, -0.1) is 10.2 Å². The van der Waals surface area contributed by atoms with Gasteiger partial charge in [0, 0.05) is 20.1 Å². The second kappa shape index (κ2) is 10.3. The fraction of sp³-hybridized carbons (Fsp3) is 0.240. The van der Waals surface area contributed by atoms with Crippen molar-refractivity contribution < 1.29 is 9.21 Å². The van der Waals surface area contributed by atoms with E-state index in [4.69, 9.17) is 4.42 Å². The van der Waals surface area contributed by atoms with Crippen LogP contribution >= 0.6 is 11.8 Å². The Hall–Kier alpha value is -3.32. The fourth-order valence-electron chi connectivity index (χ4n) is 3.51. The van der Waals surface area contributed by atoms with E-state index < -0.39 is 0 Å². The number of rotatable bonds is 9. The van der Waals surface area contributed by atoms with Crippen LogP contribution in [0.2, 0.25) is 0 Å². The summed E-state index contributed by atoms with van der Waals surface area (Å²) in [5, 5.41) is 9.28. The van der Waals surface area contributed by atoms with E-state index in [0.29, 0.717) is 24.0 Å². The van der Waals surface area contributed by atoms with Crippen LogP contribution in [0.4, 0.5) is 0 Å². The van der Waals surface area contributed by atoms with Crippen LogP contribution in [0.5, 0.6) is 0 Å². The maximum Gasteiger partial charge on any atom is 0.233 e. The number of furan rings is 1. The van der Waals surface area contributed by atoms with Crippen LogP contribution in [0, 0.1) is 6.92 Å². The topological polar surface area (TPSA) is 64.2 Å². The molecule has 0 spiro atoms. The zero-order valence-corrected chi connectivity index (χ0v) is 19.1. The third-order valence-corrected chi connectivity index (χ3v) is 6.35. The van der Waals surface area contributed by atoms with Gasteiger partial charge in [0.1, 0.15) is 5.76 Å². The number of hydrogen-bond donors (Lipinski definition) is 0. The summed E-state index contributed by atoms with van der Waals surface area (Å²) < 4.78 is 7.29. The Labute approximate surface area is 192 Å². The van der Waals surface area contributed by atoms with Crippen molar-refractivity contribution in [2.24, 2.45) is 7.05 Å². The molecule has 0 N–H and O–H groups in total. The second-order valence-electron chi connectivity index (χ2n) is 7.58. The van der Waals surface area contributed by atoms with E-state index in [1.54, 1.807) is 6.26 Å². The number of carbonyl (C=O) groups excluding carboxylic acids is 1. The number of hydrogen-bond acceptors (Lipinski definition) is 5. The minimum Gasteiger partial charge on any atom is -0.469 e. The Morgan fingerprint density at radius 1 is 1.00 bits per heavy atom. The lowest BCUT2D eigenvalue weighted by Crippen LogP contribution is -2.34. The highest BCUT2D eigenvalue weighted by Crippen LogP contribution is 2.26. The Bertz CT molecular complexity index is 1160. The molecule has 0 aliphatic rings. The maximum absolute atomic E-state index is 13.2. The highest BCUT2D eigenvalue weighted by Gasteiger charge is 2.19. The molecule has 1 amide bonds. The normalized spacial score (nSPS) is 10.9. The summed E-state index contributed by atoms with van der Waals surface area (Å²) in [5.74, 6) is 1.91. The molecule has 7 heteroatoms. The van der Waals surface area contributed by atoms with Crippen molar-refractivity contribution >= 4 is 17.7 Å². The van der Waals surface area contributed by atoms with Crippen molar-refractivity contribution in [3.63, 3.8) is 0 Å². The van der Waals surface area contributed by atoms with E-state index in [2.05, 4.69) is 34.5 Å². The zero-order valence-electron chi connectivity index (χ0n) is 18.3. The number of aromatic nitrogens is 3. The number of benzene rings is 2. The SMILES string of the molecule is Cc1occc1-c1nnc(SCC(=O)N(CCc2ccccc2)Cc2ccccc2)n1C. The van der Waals surface area contributed by atoms with Crippen molar-refractivity contribution in [2.75, 3.05) is 12.3 Å². The van der Waals surface area contributed by atoms with Crippen LogP contribution in [0.15, 0.2) is 82.6 Å². The molecule has 0 aliphatic heterocycles. The molecule has 0 saturated heterocycles. The summed E-state index contributed by atoms with van der Waals surface area (Å²) in [4.78, 5) is 15.1. The van der Waals surface area contributed by atoms with Crippen molar-refractivity contribution in [3.05, 3.63) is 89.9 Å². The minimum absolute atomic E-state index is 0.0822. The van der Waals surface area contributed by atoms with Gasteiger partial charge in [-0.1, -0.05) is 72.4 Å². The molecule has 0 aliphatic carbocycles. The molecule has 164 valence electrons. The molecule has 2 heterocycles. The van der Waals surface area contributed by atoms with Crippen LogP contribution in [0.3, 0.4) is 0 Å². The first kappa shape index (κ1) is 21.9. The van der Waals surface area contributed by atoms with Gasteiger partial charge in [0.15, 0.2) is 11.0 Å². The summed E-state index contributed by atoms with van der Waals surface area (Å²) >= 11 is 1.41. The van der Waals surface area contributed by atoms with Gasteiger partial charge in [0.2, 0.25) is 5.91 Å². The predicted octanol–water partition coefficient (Wildman–Crippen LogP) is 4.75. The van der Waals surface area contributed by atoms with E-state index in [-0.39, 0.29) is 5.91 Å². The predicted molar refractivity (Wildman–Crippen MR) is 126 cm³/mol. The van der Waals surface area contributed by atoms with E-state index in [9.17, 15) is 4.79 Å². The van der Waals surface area contributed by atoms with E-state index >= 15 is 0 Å². The summed E-state index contributed by atoms with van der Waals surface area (Å²) in [6, 6.07) is 22.2. The first-order valence-electron chi connectivity index (χ1n) is 10.5. The molecule has 2 aromatic heterocycles. The number of carbonyl (C=O) groups is 1. The van der Waals surface area contributed by atoms with E-state index in [1.165, 1.54) is 17.3 Å². The largest absolute Gasteiger partial charge is 0.469 e. The number of nitrogens with zero attached hydrogens (tertiary/aromatic N) is 4. The minimum atomic E-state index is 0.0822. The molecule has 0 fully saturated rings. The van der Waals surface area contributed by atoms with Crippen LogP contribution in [-0.2, 0) is 24.8 Å². The number of aryl methyl sites for hydroxylation is 1. The summed E-state index contributed by atoms with van der Waals surface area (Å²) in [7, 11) is 1.91. The molecule has 0 bridgehead atoms. The first-order chi connectivity index (χ1) is 15.6. The summed E-state index contributed by atoms with van der Waals surface area (Å²) in [5.41, 5.74) is 3.25.